The molecule has 0 amide bonds. The summed E-state index contributed by atoms with van der Waals surface area (Å²) in [6.45, 7) is 4.05. The second-order valence-corrected chi connectivity index (χ2v) is 9.91. The molecule has 0 spiro atoms. The van der Waals surface area contributed by atoms with Gasteiger partial charge in [-0.05, 0) is 44.9 Å². The molecule has 186 valence electrons. The Morgan fingerprint density at radius 2 is 1.88 bits per heavy atom. The van der Waals surface area contributed by atoms with Crippen LogP contribution in [0.25, 0.3) is 0 Å². The summed E-state index contributed by atoms with van der Waals surface area (Å²) in [5.41, 5.74) is 0. The summed E-state index contributed by atoms with van der Waals surface area (Å²) in [4.78, 5) is 16.5. The van der Waals surface area contributed by atoms with Gasteiger partial charge in [0.1, 0.15) is 12.6 Å². The molecule has 8 nitrogen and oxygen atoms in total. The predicted octanol–water partition coefficient (Wildman–Crippen LogP) is 0.738. The average Bonchev–Trinajstić information content (AvgIpc) is 3.28. The molecule has 0 aromatic carbocycles. The normalized spacial score (nSPS) is 29.8. The van der Waals surface area contributed by atoms with Crippen LogP contribution in [0, 0.1) is 5.92 Å². The maximum absolute atomic E-state index is 10.6. The van der Waals surface area contributed by atoms with Gasteiger partial charge < -0.3 is 30.6 Å². The molecule has 1 saturated heterocycles. The van der Waals surface area contributed by atoms with E-state index < -0.39 is 12.1 Å². The van der Waals surface area contributed by atoms with E-state index in [0.717, 1.165) is 77.4 Å². The van der Waals surface area contributed by atoms with Crippen LogP contribution in [0.15, 0.2) is 4.99 Å². The van der Waals surface area contributed by atoms with Gasteiger partial charge in [-0.1, -0.05) is 32.1 Å². The summed E-state index contributed by atoms with van der Waals surface area (Å²) in [5.74, 6) is -0.351. The van der Waals surface area contributed by atoms with Gasteiger partial charge in [0.2, 0.25) is 0 Å². The average molecular weight is 457 g/mol. The van der Waals surface area contributed by atoms with E-state index in [1.807, 2.05) is 6.21 Å². The van der Waals surface area contributed by atoms with Gasteiger partial charge in [0.05, 0.1) is 30.9 Å². The largest absolute Gasteiger partial charge is 0.481 e. The van der Waals surface area contributed by atoms with E-state index >= 15 is 0 Å². The van der Waals surface area contributed by atoms with Crippen molar-refractivity contribution in [3.63, 3.8) is 0 Å². The van der Waals surface area contributed by atoms with Crippen LogP contribution in [0.3, 0.4) is 0 Å². The van der Waals surface area contributed by atoms with E-state index in [4.69, 9.17) is 5.11 Å². The van der Waals surface area contributed by atoms with Gasteiger partial charge in [0, 0.05) is 19.1 Å². The minimum absolute atomic E-state index is 0.117. The lowest BCUT2D eigenvalue weighted by atomic mass is 9.84. The van der Waals surface area contributed by atoms with Gasteiger partial charge in [0.15, 0.2) is 6.67 Å². The molecule has 2 rings (SSSR count). The molecular formula is C24H46N3O5+. The number of rotatable bonds is 16. The van der Waals surface area contributed by atoms with E-state index in [1.165, 1.54) is 4.90 Å². The smallest absolute Gasteiger partial charge is 0.305 e. The number of unbranched alkanes of at least 4 members (excludes halogenated alkanes) is 3. The monoisotopic (exact) mass is 456 g/mol. The highest BCUT2D eigenvalue weighted by Gasteiger charge is 2.40. The lowest BCUT2D eigenvalue weighted by Crippen LogP contribution is -3.16. The fraction of sp³-hybridized carbons (Fsp3) is 0.917. The van der Waals surface area contributed by atoms with Crippen molar-refractivity contribution in [2.75, 3.05) is 19.8 Å². The van der Waals surface area contributed by atoms with Gasteiger partial charge in [-0.15, -0.1) is 0 Å². The number of carboxylic acid groups (broad SMARTS) is 1. The van der Waals surface area contributed by atoms with Crippen molar-refractivity contribution in [1.29, 1.82) is 0 Å². The highest BCUT2D eigenvalue weighted by Crippen LogP contribution is 2.25. The molecule has 0 saturated carbocycles. The zero-order valence-corrected chi connectivity index (χ0v) is 19.8. The molecule has 7 unspecified atom stereocenters. The molecule has 1 fully saturated rings. The van der Waals surface area contributed by atoms with Gasteiger partial charge in [-0.25, -0.2) is 4.99 Å². The second kappa shape index (κ2) is 15.0. The van der Waals surface area contributed by atoms with Gasteiger partial charge in [-0.2, -0.15) is 0 Å². The molecule has 2 aliphatic rings. The third kappa shape index (κ3) is 9.83. The molecule has 2 aliphatic heterocycles. The van der Waals surface area contributed by atoms with E-state index in [2.05, 4.69) is 17.2 Å². The van der Waals surface area contributed by atoms with Crippen LogP contribution in [0.5, 0.6) is 0 Å². The van der Waals surface area contributed by atoms with Crippen molar-refractivity contribution >= 4 is 12.2 Å². The highest BCUT2D eigenvalue weighted by atomic mass is 16.4. The molecular weight excluding hydrogens is 410 g/mol. The molecule has 32 heavy (non-hydrogen) atoms. The zero-order valence-electron chi connectivity index (χ0n) is 19.8. The van der Waals surface area contributed by atoms with Crippen molar-refractivity contribution in [1.82, 2.24) is 5.32 Å². The number of hydrogen-bond acceptors (Lipinski definition) is 6. The first-order valence-corrected chi connectivity index (χ1v) is 12.7. The maximum atomic E-state index is 10.6. The third-order valence-corrected chi connectivity index (χ3v) is 7.30. The Hall–Kier alpha value is -1.06. The third-order valence-electron chi connectivity index (χ3n) is 7.30. The molecule has 0 radical (unpaired) electrons. The summed E-state index contributed by atoms with van der Waals surface area (Å²) >= 11 is 0. The van der Waals surface area contributed by atoms with E-state index in [0.29, 0.717) is 24.4 Å². The fourth-order valence-electron chi connectivity index (χ4n) is 5.32. The van der Waals surface area contributed by atoms with Crippen molar-refractivity contribution in [3.05, 3.63) is 0 Å². The number of aliphatic hydroxyl groups is 3. The predicted molar refractivity (Wildman–Crippen MR) is 125 cm³/mol. The molecule has 8 heteroatoms. The number of aliphatic carboxylic acids is 1. The van der Waals surface area contributed by atoms with Crippen LogP contribution in [0.4, 0.5) is 0 Å². The van der Waals surface area contributed by atoms with E-state index in [9.17, 15) is 20.1 Å². The van der Waals surface area contributed by atoms with Crippen molar-refractivity contribution < 1.29 is 30.1 Å². The molecule has 6 N–H and O–H groups in total. The minimum Gasteiger partial charge on any atom is -0.481 e. The Labute approximate surface area is 193 Å². The van der Waals surface area contributed by atoms with E-state index in [1.54, 1.807) is 0 Å². The first kappa shape index (κ1) is 27.2. The standard InChI is InChI=1S/C24H45N3O5/c1-18-23(30)16-22(27-13-12-25-17-27)21(26-18)11-10-19(8-6-14-28)7-4-2-3-5-9-20(29)15-24(31)32/h12,18-23,26,28-30H,2-11,13-17H2,1H3,(H,31,32)/p+1. The van der Waals surface area contributed by atoms with Crippen LogP contribution < -0.4 is 10.2 Å². The molecule has 7 atom stereocenters. The molecule has 0 aliphatic carbocycles. The number of quaternary nitrogens is 1. The SMILES string of the molecule is CC1NC(CCC(CCCO)CCCCCCC(O)CC(=O)O)C([NH+]2CC=NC2)CC1O. The van der Waals surface area contributed by atoms with Crippen molar-refractivity contribution in [3.8, 4) is 0 Å². The lowest BCUT2D eigenvalue weighted by Gasteiger charge is -2.41. The highest BCUT2D eigenvalue weighted by molar-refractivity contribution is 5.67. The summed E-state index contributed by atoms with van der Waals surface area (Å²) in [6.07, 6.45) is 11.5. The van der Waals surface area contributed by atoms with Crippen molar-refractivity contribution in [2.24, 2.45) is 10.9 Å². The zero-order chi connectivity index (χ0) is 23.3. The fourth-order valence-corrected chi connectivity index (χ4v) is 5.32. The van der Waals surface area contributed by atoms with Crippen LogP contribution in [0.1, 0.15) is 84.0 Å². The first-order valence-electron chi connectivity index (χ1n) is 12.7. The van der Waals surface area contributed by atoms with Crippen LogP contribution in [0.2, 0.25) is 0 Å². The van der Waals surface area contributed by atoms with Crippen LogP contribution >= 0.6 is 0 Å². The van der Waals surface area contributed by atoms with E-state index in [-0.39, 0.29) is 25.2 Å². The molecule has 0 aromatic rings. The number of hydrogen-bond donors (Lipinski definition) is 6. The van der Waals surface area contributed by atoms with Gasteiger partial charge in [0.25, 0.3) is 0 Å². The number of carboxylic acids is 1. The Kier molecular flexibility index (Phi) is 12.7. The number of aliphatic hydroxyl groups excluding tert-OH is 3. The molecule has 0 bridgehead atoms. The van der Waals surface area contributed by atoms with Crippen molar-refractivity contribution in [2.45, 2.75) is 114 Å². The topological polar surface area (TPSA) is 127 Å². The molecule has 0 aromatic heterocycles. The quantitative estimate of drug-likeness (QED) is 0.190. The number of piperidine rings is 1. The Bertz CT molecular complexity index is 554. The Balaban J connectivity index is 1.73. The summed E-state index contributed by atoms with van der Waals surface area (Å²) in [7, 11) is 0. The Morgan fingerprint density at radius 1 is 1.16 bits per heavy atom. The Morgan fingerprint density at radius 3 is 2.53 bits per heavy atom. The van der Waals surface area contributed by atoms with Gasteiger partial charge in [-0.3, -0.25) is 4.79 Å². The van der Waals surface area contributed by atoms with Crippen LogP contribution in [-0.4, -0.2) is 82.8 Å². The number of carbonyl (C=O) groups is 1. The number of aliphatic imine (C=N–C) groups is 1. The maximum Gasteiger partial charge on any atom is 0.305 e. The van der Waals surface area contributed by atoms with Gasteiger partial charge >= 0.3 is 5.97 Å². The lowest BCUT2D eigenvalue weighted by molar-refractivity contribution is -0.914. The summed E-state index contributed by atoms with van der Waals surface area (Å²) in [5, 5.41) is 41.7. The number of nitrogens with one attached hydrogen (secondary N) is 2. The second-order valence-electron chi connectivity index (χ2n) is 9.91. The first-order chi connectivity index (χ1) is 15.4. The molecule has 2 heterocycles. The number of nitrogens with zero attached hydrogens (tertiary/aromatic N) is 1. The van der Waals surface area contributed by atoms with Crippen LogP contribution in [-0.2, 0) is 4.79 Å². The minimum atomic E-state index is -0.943. The summed E-state index contributed by atoms with van der Waals surface area (Å²) < 4.78 is 0. The summed E-state index contributed by atoms with van der Waals surface area (Å²) in [6, 6.07) is 0.892.